The summed E-state index contributed by atoms with van der Waals surface area (Å²) in [7, 11) is 0. The standard InChI is InChI=1S/C17H25NO2S/c1-13(19)11-16-9-6-10-18(16)17(20)14(2)21-12-15-7-4-3-5-8-15/h3-5,7-8,13-14,16,19H,6,9-12H2,1-2H3/t13-,14+,16-/m0/s1. The van der Waals surface area contributed by atoms with Gasteiger partial charge in [-0.1, -0.05) is 30.3 Å². The molecule has 3 atom stereocenters. The van der Waals surface area contributed by atoms with Crippen LogP contribution in [0.3, 0.4) is 0 Å². The molecule has 0 aromatic heterocycles. The zero-order valence-corrected chi connectivity index (χ0v) is 13.7. The maximum atomic E-state index is 12.6. The summed E-state index contributed by atoms with van der Waals surface area (Å²) in [5.74, 6) is 1.09. The van der Waals surface area contributed by atoms with E-state index in [0.29, 0.717) is 6.42 Å². The lowest BCUT2D eigenvalue weighted by Crippen LogP contribution is -2.41. The number of amides is 1. The van der Waals surface area contributed by atoms with E-state index in [2.05, 4.69) is 12.1 Å². The maximum Gasteiger partial charge on any atom is 0.235 e. The molecule has 1 aliphatic heterocycles. The van der Waals surface area contributed by atoms with Gasteiger partial charge in [0, 0.05) is 18.3 Å². The number of hydrogen-bond acceptors (Lipinski definition) is 3. The maximum absolute atomic E-state index is 12.6. The lowest BCUT2D eigenvalue weighted by atomic mass is 10.1. The molecule has 1 aliphatic rings. The second kappa shape index (κ2) is 7.85. The monoisotopic (exact) mass is 307 g/mol. The number of aliphatic hydroxyl groups is 1. The predicted molar refractivity (Wildman–Crippen MR) is 88.2 cm³/mol. The molecule has 4 heteroatoms. The molecule has 1 saturated heterocycles. The van der Waals surface area contributed by atoms with E-state index in [1.54, 1.807) is 18.7 Å². The Kier molecular flexibility index (Phi) is 6.12. The van der Waals surface area contributed by atoms with E-state index in [-0.39, 0.29) is 23.3 Å². The molecular formula is C17H25NO2S. The number of carbonyl (C=O) groups excluding carboxylic acids is 1. The molecule has 116 valence electrons. The number of benzene rings is 1. The van der Waals surface area contributed by atoms with Crippen molar-refractivity contribution in [2.24, 2.45) is 0 Å². The van der Waals surface area contributed by atoms with Crippen molar-refractivity contribution in [3.8, 4) is 0 Å². The lowest BCUT2D eigenvalue weighted by Gasteiger charge is -2.28. The van der Waals surface area contributed by atoms with Gasteiger partial charge in [-0.25, -0.2) is 0 Å². The highest BCUT2D eigenvalue weighted by molar-refractivity contribution is 7.99. The van der Waals surface area contributed by atoms with Gasteiger partial charge < -0.3 is 10.0 Å². The van der Waals surface area contributed by atoms with Gasteiger partial charge in [-0.05, 0) is 38.7 Å². The summed E-state index contributed by atoms with van der Waals surface area (Å²) in [4.78, 5) is 14.6. The van der Waals surface area contributed by atoms with Crippen LogP contribution >= 0.6 is 11.8 Å². The van der Waals surface area contributed by atoms with Crippen LogP contribution in [0.5, 0.6) is 0 Å². The van der Waals surface area contributed by atoms with Gasteiger partial charge in [0.25, 0.3) is 0 Å². The largest absolute Gasteiger partial charge is 0.393 e. The van der Waals surface area contributed by atoms with E-state index in [0.717, 1.165) is 25.1 Å². The van der Waals surface area contributed by atoms with Crippen molar-refractivity contribution in [2.75, 3.05) is 6.54 Å². The fraction of sp³-hybridized carbons (Fsp3) is 0.588. The summed E-state index contributed by atoms with van der Waals surface area (Å²) in [5, 5.41) is 9.53. The summed E-state index contributed by atoms with van der Waals surface area (Å²) >= 11 is 1.69. The van der Waals surface area contributed by atoms with Crippen LogP contribution in [0.2, 0.25) is 0 Å². The van der Waals surface area contributed by atoms with Gasteiger partial charge in [0.2, 0.25) is 5.91 Å². The summed E-state index contributed by atoms with van der Waals surface area (Å²) < 4.78 is 0. The second-order valence-corrected chi connectivity index (χ2v) is 7.18. The van der Waals surface area contributed by atoms with E-state index < -0.39 is 0 Å². The first kappa shape index (κ1) is 16.4. The molecular weight excluding hydrogens is 282 g/mol. The molecule has 21 heavy (non-hydrogen) atoms. The Bertz CT molecular complexity index is 449. The summed E-state index contributed by atoms with van der Waals surface area (Å²) in [6.45, 7) is 4.63. The second-order valence-electron chi connectivity index (χ2n) is 5.85. The smallest absolute Gasteiger partial charge is 0.235 e. The van der Waals surface area contributed by atoms with Gasteiger partial charge in [-0.3, -0.25) is 4.79 Å². The molecule has 1 fully saturated rings. The van der Waals surface area contributed by atoms with Crippen LogP contribution in [0.4, 0.5) is 0 Å². The van der Waals surface area contributed by atoms with E-state index in [1.165, 1.54) is 5.56 Å². The van der Waals surface area contributed by atoms with Crippen LogP contribution in [0.1, 0.15) is 38.7 Å². The molecule has 0 bridgehead atoms. The number of thioether (sulfide) groups is 1. The minimum absolute atomic E-state index is 0.0280. The quantitative estimate of drug-likeness (QED) is 0.878. The van der Waals surface area contributed by atoms with Gasteiger partial charge in [-0.2, -0.15) is 0 Å². The van der Waals surface area contributed by atoms with Gasteiger partial charge >= 0.3 is 0 Å². The van der Waals surface area contributed by atoms with Crippen molar-refractivity contribution in [3.63, 3.8) is 0 Å². The first-order valence-electron chi connectivity index (χ1n) is 7.72. The van der Waals surface area contributed by atoms with Crippen molar-refractivity contribution in [2.45, 2.75) is 56.3 Å². The van der Waals surface area contributed by atoms with Gasteiger partial charge in [0.05, 0.1) is 11.4 Å². The Labute approximate surface area is 131 Å². The van der Waals surface area contributed by atoms with Crippen molar-refractivity contribution in [1.29, 1.82) is 0 Å². The normalized spacial score (nSPS) is 21.3. The van der Waals surface area contributed by atoms with E-state index in [4.69, 9.17) is 0 Å². The number of rotatable bonds is 6. The van der Waals surface area contributed by atoms with Crippen LogP contribution < -0.4 is 0 Å². The topological polar surface area (TPSA) is 40.5 Å². The highest BCUT2D eigenvalue weighted by atomic mass is 32.2. The predicted octanol–water partition coefficient (Wildman–Crippen LogP) is 3.07. The van der Waals surface area contributed by atoms with Crippen LogP contribution in [-0.2, 0) is 10.5 Å². The minimum atomic E-state index is -0.337. The lowest BCUT2D eigenvalue weighted by molar-refractivity contribution is -0.131. The van der Waals surface area contributed by atoms with E-state index in [1.807, 2.05) is 30.0 Å². The summed E-state index contributed by atoms with van der Waals surface area (Å²) in [6, 6.07) is 10.5. The Hall–Kier alpha value is -1.00. The Morgan fingerprint density at radius 1 is 1.38 bits per heavy atom. The molecule has 1 N–H and O–H groups in total. The zero-order chi connectivity index (χ0) is 15.2. The van der Waals surface area contributed by atoms with Crippen LogP contribution in [-0.4, -0.2) is 39.9 Å². The fourth-order valence-corrected chi connectivity index (χ4v) is 3.78. The third-order valence-electron chi connectivity index (χ3n) is 3.96. The van der Waals surface area contributed by atoms with E-state index in [9.17, 15) is 9.90 Å². The Balaban J connectivity index is 1.86. The van der Waals surface area contributed by atoms with Crippen LogP contribution in [0.25, 0.3) is 0 Å². The highest BCUT2D eigenvalue weighted by Gasteiger charge is 2.31. The number of likely N-dealkylation sites (tertiary alicyclic amines) is 1. The number of carbonyl (C=O) groups is 1. The number of aliphatic hydroxyl groups excluding tert-OH is 1. The van der Waals surface area contributed by atoms with E-state index >= 15 is 0 Å². The van der Waals surface area contributed by atoms with Gasteiger partial charge in [-0.15, -0.1) is 11.8 Å². The molecule has 0 saturated carbocycles. The fourth-order valence-electron chi connectivity index (χ4n) is 2.86. The minimum Gasteiger partial charge on any atom is -0.393 e. The molecule has 0 unspecified atom stereocenters. The number of nitrogens with zero attached hydrogens (tertiary/aromatic N) is 1. The van der Waals surface area contributed by atoms with Gasteiger partial charge in [0.15, 0.2) is 0 Å². The molecule has 1 aromatic rings. The molecule has 1 aromatic carbocycles. The molecule has 0 aliphatic carbocycles. The third-order valence-corrected chi connectivity index (χ3v) is 5.17. The van der Waals surface area contributed by atoms with Crippen molar-refractivity contribution in [1.82, 2.24) is 4.90 Å². The van der Waals surface area contributed by atoms with Crippen LogP contribution in [0, 0.1) is 0 Å². The Morgan fingerprint density at radius 3 is 2.76 bits per heavy atom. The molecule has 0 radical (unpaired) electrons. The number of hydrogen-bond donors (Lipinski definition) is 1. The average Bonchev–Trinajstić information content (AvgIpc) is 2.92. The SMILES string of the molecule is C[C@H](O)C[C@@H]1CCCN1C(=O)[C@@H](C)SCc1ccccc1. The van der Waals surface area contributed by atoms with Crippen LogP contribution in [0.15, 0.2) is 30.3 Å². The van der Waals surface area contributed by atoms with Gasteiger partial charge in [0.1, 0.15) is 0 Å². The Morgan fingerprint density at radius 2 is 2.10 bits per heavy atom. The molecule has 1 amide bonds. The van der Waals surface area contributed by atoms with Crippen molar-refractivity contribution in [3.05, 3.63) is 35.9 Å². The third kappa shape index (κ3) is 4.75. The first-order chi connectivity index (χ1) is 10.1. The first-order valence-corrected chi connectivity index (χ1v) is 8.77. The molecule has 1 heterocycles. The molecule has 0 spiro atoms. The average molecular weight is 307 g/mol. The molecule has 3 nitrogen and oxygen atoms in total. The summed E-state index contributed by atoms with van der Waals surface area (Å²) in [6.07, 6.45) is 2.43. The van der Waals surface area contributed by atoms with Crippen molar-refractivity contribution < 1.29 is 9.90 Å². The van der Waals surface area contributed by atoms with Crippen molar-refractivity contribution >= 4 is 17.7 Å². The zero-order valence-electron chi connectivity index (χ0n) is 12.9. The molecule has 2 rings (SSSR count). The summed E-state index contributed by atoms with van der Waals surface area (Å²) in [5.41, 5.74) is 1.25. The highest BCUT2D eigenvalue weighted by Crippen LogP contribution is 2.26.